The Hall–Kier alpha value is -0.810. The number of rotatable bonds is 3. The fraction of sp³-hybridized carbons (Fsp3) is 0.900. The van der Waals surface area contributed by atoms with Crippen molar-refractivity contribution in [1.82, 2.24) is 4.90 Å². The van der Waals surface area contributed by atoms with Gasteiger partial charge in [-0.15, -0.1) is 0 Å². The molecule has 86 valence electrons. The first-order chi connectivity index (χ1) is 7.31. The Balaban J connectivity index is 1.93. The van der Waals surface area contributed by atoms with Crippen molar-refractivity contribution < 1.29 is 19.4 Å². The fourth-order valence-electron chi connectivity index (χ4n) is 2.09. The summed E-state index contributed by atoms with van der Waals surface area (Å²) in [5.74, 6) is 0. The van der Waals surface area contributed by atoms with Crippen LogP contribution in [0.25, 0.3) is 0 Å². The molecule has 0 spiro atoms. The third-order valence-corrected chi connectivity index (χ3v) is 2.99. The molecule has 0 radical (unpaired) electrons. The van der Waals surface area contributed by atoms with Crippen LogP contribution in [0.3, 0.4) is 0 Å². The number of amides is 1. The zero-order valence-corrected chi connectivity index (χ0v) is 8.72. The van der Waals surface area contributed by atoms with Crippen molar-refractivity contribution in [2.24, 2.45) is 0 Å². The van der Waals surface area contributed by atoms with Crippen LogP contribution in [0.15, 0.2) is 0 Å². The van der Waals surface area contributed by atoms with Crippen LogP contribution in [0.5, 0.6) is 0 Å². The van der Waals surface area contributed by atoms with E-state index in [1.54, 1.807) is 4.90 Å². The third kappa shape index (κ3) is 2.41. The Morgan fingerprint density at radius 3 is 2.93 bits per heavy atom. The van der Waals surface area contributed by atoms with Gasteiger partial charge in [0, 0.05) is 13.0 Å². The molecule has 2 atom stereocenters. The molecule has 0 aliphatic carbocycles. The number of hydrogen-bond donors (Lipinski definition) is 1. The number of aliphatic hydroxyl groups is 1. The van der Waals surface area contributed by atoms with E-state index in [4.69, 9.17) is 14.6 Å². The number of carbonyl (C=O) groups excluding carboxylic acids is 1. The summed E-state index contributed by atoms with van der Waals surface area (Å²) in [5.41, 5.74) is 0. The van der Waals surface area contributed by atoms with Gasteiger partial charge in [-0.25, -0.2) is 4.79 Å². The average Bonchev–Trinajstić information content (AvgIpc) is 2.74. The molecule has 2 aliphatic heterocycles. The summed E-state index contributed by atoms with van der Waals surface area (Å²) >= 11 is 0. The van der Waals surface area contributed by atoms with Crippen molar-refractivity contribution in [3.63, 3.8) is 0 Å². The van der Waals surface area contributed by atoms with Crippen molar-refractivity contribution in [2.45, 2.75) is 31.4 Å². The quantitative estimate of drug-likeness (QED) is 0.739. The standard InChI is InChI=1S/C10H17NO4/c12-7-8-3-5-15-10(13)11(8)6-9-2-1-4-14-9/h8-9,12H,1-7H2. The highest BCUT2D eigenvalue weighted by atomic mass is 16.6. The zero-order valence-electron chi connectivity index (χ0n) is 8.72. The van der Waals surface area contributed by atoms with Gasteiger partial charge in [0.15, 0.2) is 0 Å². The molecule has 0 bridgehead atoms. The molecule has 0 aromatic rings. The van der Waals surface area contributed by atoms with Crippen molar-refractivity contribution in [3.8, 4) is 0 Å². The summed E-state index contributed by atoms with van der Waals surface area (Å²) in [6, 6.07) is -0.101. The lowest BCUT2D eigenvalue weighted by atomic mass is 10.1. The van der Waals surface area contributed by atoms with Crippen molar-refractivity contribution >= 4 is 6.09 Å². The largest absolute Gasteiger partial charge is 0.449 e. The Kier molecular flexibility index (Phi) is 3.43. The van der Waals surface area contributed by atoms with Gasteiger partial charge in [-0.1, -0.05) is 0 Å². The molecular weight excluding hydrogens is 198 g/mol. The Morgan fingerprint density at radius 1 is 1.40 bits per heavy atom. The van der Waals surface area contributed by atoms with E-state index < -0.39 is 0 Å². The van der Waals surface area contributed by atoms with Crippen LogP contribution < -0.4 is 0 Å². The molecule has 2 unspecified atom stereocenters. The molecule has 2 aliphatic rings. The maximum absolute atomic E-state index is 11.5. The Labute approximate surface area is 89.0 Å². The van der Waals surface area contributed by atoms with E-state index in [1.165, 1.54) is 0 Å². The summed E-state index contributed by atoms with van der Waals surface area (Å²) in [7, 11) is 0. The molecule has 2 fully saturated rings. The van der Waals surface area contributed by atoms with Gasteiger partial charge >= 0.3 is 6.09 Å². The van der Waals surface area contributed by atoms with Crippen LogP contribution in [-0.4, -0.2) is 54.6 Å². The van der Waals surface area contributed by atoms with Crippen LogP contribution in [-0.2, 0) is 9.47 Å². The molecule has 0 saturated carbocycles. The highest BCUT2D eigenvalue weighted by molar-refractivity contribution is 5.68. The second kappa shape index (κ2) is 4.81. The third-order valence-electron chi connectivity index (χ3n) is 2.99. The molecule has 2 saturated heterocycles. The first-order valence-electron chi connectivity index (χ1n) is 5.47. The maximum Gasteiger partial charge on any atom is 0.410 e. The molecule has 5 heteroatoms. The van der Waals surface area contributed by atoms with Crippen LogP contribution >= 0.6 is 0 Å². The maximum atomic E-state index is 11.5. The van der Waals surface area contributed by atoms with E-state index in [-0.39, 0.29) is 24.8 Å². The van der Waals surface area contributed by atoms with Crippen molar-refractivity contribution in [3.05, 3.63) is 0 Å². The summed E-state index contributed by atoms with van der Waals surface area (Å²) in [6.45, 7) is 1.73. The van der Waals surface area contributed by atoms with Gasteiger partial charge in [-0.3, -0.25) is 0 Å². The predicted octanol–water partition coefficient (Wildman–Crippen LogP) is 0.369. The van der Waals surface area contributed by atoms with Crippen LogP contribution in [0, 0.1) is 0 Å². The lowest BCUT2D eigenvalue weighted by Crippen LogP contribution is -2.50. The molecule has 1 N–H and O–H groups in total. The second-order valence-corrected chi connectivity index (χ2v) is 4.03. The fourth-order valence-corrected chi connectivity index (χ4v) is 2.09. The summed E-state index contributed by atoms with van der Waals surface area (Å²) in [6.07, 6.45) is 2.54. The van der Waals surface area contributed by atoms with Gasteiger partial charge in [0.2, 0.25) is 0 Å². The minimum Gasteiger partial charge on any atom is -0.449 e. The van der Waals surface area contributed by atoms with Gasteiger partial charge in [-0.05, 0) is 12.8 Å². The number of cyclic esters (lactones) is 1. The lowest BCUT2D eigenvalue weighted by molar-refractivity contribution is -0.00148. The normalized spacial score (nSPS) is 31.8. The van der Waals surface area contributed by atoms with Crippen LogP contribution in [0.2, 0.25) is 0 Å². The van der Waals surface area contributed by atoms with E-state index in [0.29, 0.717) is 19.6 Å². The molecule has 0 aromatic carbocycles. The second-order valence-electron chi connectivity index (χ2n) is 4.03. The van der Waals surface area contributed by atoms with Crippen LogP contribution in [0.1, 0.15) is 19.3 Å². The number of nitrogens with zero attached hydrogens (tertiary/aromatic N) is 1. The predicted molar refractivity (Wildman–Crippen MR) is 52.5 cm³/mol. The Bertz CT molecular complexity index is 227. The Morgan fingerprint density at radius 2 is 2.27 bits per heavy atom. The van der Waals surface area contributed by atoms with E-state index in [0.717, 1.165) is 19.4 Å². The number of carbonyl (C=O) groups is 1. The molecule has 2 heterocycles. The highest BCUT2D eigenvalue weighted by Gasteiger charge is 2.32. The highest BCUT2D eigenvalue weighted by Crippen LogP contribution is 2.19. The molecular formula is C10H17NO4. The zero-order chi connectivity index (χ0) is 10.7. The van der Waals surface area contributed by atoms with Gasteiger partial charge in [0.25, 0.3) is 0 Å². The molecule has 15 heavy (non-hydrogen) atoms. The van der Waals surface area contributed by atoms with E-state index >= 15 is 0 Å². The number of hydrogen-bond acceptors (Lipinski definition) is 4. The first-order valence-corrected chi connectivity index (χ1v) is 5.47. The first kappa shape index (κ1) is 10.7. The van der Waals surface area contributed by atoms with Gasteiger partial charge in [-0.2, -0.15) is 0 Å². The van der Waals surface area contributed by atoms with Crippen molar-refractivity contribution in [2.75, 3.05) is 26.4 Å². The van der Waals surface area contributed by atoms with Crippen LogP contribution in [0.4, 0.5) is 4.79 Å². The summed E-state index contributed by atoms with van der Waals surface area (Å²) in [5, 5.41) is 9.16. The monoisotopic (exact) mass is 215 g/mol. The number of aliphatic hydroxyl groups excluding tert-OH is 1. The van der Waals surface area contributed by atoms with Crippen molar-refractivity contribution in [1.29, 1.82) is 0 Å². The van der Waals surface area contributed by atoms with Gasteiger partial charge in [0.1, 0.15) is 0 Å². The summed E-state index contributed by atoms with van der Waals surface area (Å²) < 4.78 is 10.4. The molecule has 5 nitrogen and oxygen atoms in total. The average molecular weight is 215 g/mol. The molecule has 0 aromatic heterocycles. The van der Waals surface area contributed by atoms with E-state index in [1.807, 2.05) is 0 Å². The van der Waals surface area contributed by atoms with E-state index in [2.05, 4.69) is 0 Å². The minimum atomic E-state index is -0.323. The minimum absolute atomic E-state index is 0.00181. The lowest BCUT2D eigenvalue weighted by Gasteiger charge is -2.35. The molecule has 2 rings (SSSR count). The van der Waals surface area contributed by atoms with E-state index in [9.17, 15) is 4.79 Å². The number of ether oxygens (including phenoxy) is 2. The SMILES string of the molecule is O=C1OCCC(CO)N1CC1CCCO1. The van der Waals surface area contributed by atoms with Gasteiger partial charge < -0.3 is 19.5 Å². The topological polar surface area (TPSA) is 59.0 Å². The smallest absolute Gasteiger partial charge is 0.410 e. The summed E-state index contributed by atoms with van der Waals surface area (Å²) in [4.78, 5) is 13.1. The van der Waals surface area contributed by atoms with Gasteiger partial charge in [0.05, 0.1) is 31.9 Å². The molecule has 1 amide bonds.